The number of aliphatic hydroxyl groups excluding tert-OH is 1. The van der Waals surface area contributed by atoms with Crippen molar-refractivity contribution in [1.29, 1.82) is 0 Å². The van der Waals surface area contributed by atoms with Gasteiger partial charge >= 0.3 is 0 Å². The van der Waals surface area contributed by atoms with Crippen LogP contribution in [0.2, 0.25) is 0 Å². The molecular formula is C13H29NO. The van der Waals surface area contributed by atoms with Crippen LogP contribution in [-0.4, -0.2) is 23.3 Å². The highest BCUT2D eigenvalue weighted by molar-refractivity contribution is 5.01. The first kappa shape index (κ1) is 16.9. The first-order chi connectivity index (χ1) is 7.27. The van der Waals surface area contributed by atoms with Crippen molar-refractivity contribution in [2.24, 2.45) is 5.92 Å². The summed E-state index contributed by atoms with van der Waals surface area (Å²) in [6.45, 7) is 15.2. The minimum absolute atomic E-state index is 0.138. The van der Waals surface area contributed by atoms with Gasteiger partial charge in [0.15, 0.2) is 0 Å². The highest BCUT2D eigenvalue weighted by Gasteiger charge is 2.23. The number of allylic oxidation sites excluding steroid dienone is 1. The maximum atomic E-state index is 8.89. The molecule has 0 aliphatic carbocycles. The Morgan fingerprint density at radius 3 is 2.20 bits per heavy atom. The fourth-order valence-electron chi connectivity index (χ4n) is 1.73. The molecule has 0 aromatic carbocycles. The van der Waals surface area contributed by atoms with Crippen molar-refractivity contribution in [3.05, 3.63) is 12.3 Å². The van der Waals surface area contributed by atoms with E-state index >= 15 is 0 Å². The van der Waals surface area contributed by atoms with E-state index in [-0.39, 0.29) is 6.73 Å². The molecule has 1 saturated heterocycles. The zero-order chi connectivity index (χ0) is 12.3. The van der Waals surface area contributed by atoms with E-state index in [2.05, 4.69) is 13.5 Å². The predicted octanol–water partition coefficient (Wildman–Crippen LogP) is 3.62. The van der Waals surface area contributed by atoms with Gasteiger partial charge in [0.2, 0.25) is 0 Å². The molecule has 0 amide bonds. The van der Waals surface area contributed by atoms with E-state index in [1.54, 1.807) is 0 Å². The lowest BCUT2D eigenvalue weighted by molar-refractivity contribution is 0.148. The van der Waals surface area contributed by atoms with Gasteiger partial charge in [0.25, 0.3) is 0 Å². The Balaban J connectivity index is 0. The van der Waals surface area contributed by atoms with Gasteiger partial charge in [-0.2, -0.15) is 0 Å². The smallest absolute Gasteiger partial charge is 0.115 e. The Hall–Kier alpha value is -0.500. The molecule has 1 N–H and O–H groups in total. The lowest BCUT2D eigenvalue weighted by Crippen LogP contribution is -2.19. The van der Waals surface area contributed by atoms with Crippen LogP contribution in [-0.2, 0) is 0 Å². The normalized spacial score (nSPS) is 18.9. The molecule has 1 unspecified atom stereocenters. The summed E-state index contributed by atoms with van der Waals surface area (Å²) in [5.41, 5.74) is 1.10. The number of hydrogen-bond donors (Lipinski definition) is 1. The molecule has 2 heteroatoms. The number of hydrogen-bond acceptors (Lipinski definition) is 2. The molecule has 0 aromatic heterocycles. The van der Waals surface area contributed by atoms with E-state index in [1.807, 2.05) is 32.6 Å². The van der Waals surface area contributed by atoms with E-state index in [4.69, 9.17) is 5.11 Å². The van der Waals surface area contributed by atoms with Gasteiger partial charge in [0.05, 0.1) is 0 Å². The van der Waals surface area contributed by atoms with Gasteiger partial charge in [-0.1, -0.05) is 47.6 Å². The molecule has 1 aliphatic heterocycles. The van der Waals surface area contributed by atoms with Crippen LogP contribution in [0.3, 0.4) is 0 Å². The number of aliphatic hydroxyl groups is 1. The average molecular weight is 215 g/mol. The molecule has 92 valence electrons. The molecule has 1 fully saturated rings. The lowest BCUT2D eigenvalue weighted by atomic mass is 10.0. The highest BCUT2D eigenvalue weighted by atomic mass is 16.3. The summed E-state index contributed by atoms with van der Waals surface area (Å²) in [5.74, 6) is 0.736. The molecule has 1 rings (SSSR count). The van der Waals surface area contributed by atoms with Gasteiger partial charge in [0.1, 0.15) is 6.73 Å². The van der Waals surface area contributed by atoms with Crippen LogP contribution in [0.4, 0.5) is 0 Å². The van der Waals surface area contributed by atoms with Crippen LogP contribution in [0.5, 0.6) is 0 Å². The predicted molar refractivity (Wildman–Crippen MR) is 68.6 cm³/mol. The van der Waals surface area contributed by atoms with E-state index < -0.39 is 0 Å². The molecule has 1 aliphatic rings. The van der Waals surface area contributed by atoms with Crippen molar-refractivity contribution in [2.45, 2.75) is 53.9 Å². The quantitative estimate of drug-likeness (QED) is 0.777. The Bertz CT molecular complexity index is 145. The largest absolute Gasteiger partial charge is 0.376 e. The van der Waals surface area contributed by atoms with E-state index in [1.165, 1.54) is 12.8 Å². The van der Waals surface area contributed by atoms with Crippen LogP contribution < -0.4 is 0 Å². The summed E-state index contributed by atoms with van der Waals surface area (Å²) in [6.07, 6.45) is 3.57. The van der Waals surface area contributed by atoms with Crippen molar-refractivity contribution in [3.63, 3.8) is 0 Å². The minimum Gasteiger partial charge on any atom is -0.376 e. The summed E-state index contributed by atoms with van der Waals surface area (Å²) in [4.78, 5) is 1.96. The van der Waals surface area contributed by atoms with Gasteiger partial charge in [-0.05, 0) is 18.8 Å². The summed E-state index contributed by atoms with van der Waals surface area (Å²) in [5, 5.41) is 8.89. The monoisotopic (exact) mass is 215 g/mol. The maximum absolute atomic E-state index is 8.89. The zero-order valence-electron chi connectivity index (χ0n) is 11.2. The number of nitrogens with zero attached hydrogens (tertiary/aromatic N) is 1. The Labute approximate surface area is 96.0 Å². The molecule has 1 atom stereocenters. The topological polar surface area (TPSA) is 23.5 Å². The molecule has 0 radical (unpaired) electrons. The third kappa shape index (κ3) is 6.56. The molecule has 0 saturated carbocycles. The SMILES string of the molecule is C=C1CC(CCC)CN1CO.CC.CC. The summed E-state index contributed by atoms with van der Waals surface area (Å²) >= 11 is 0. The molecule has 1 heterocycles. The van der Waals surface area contributed by atoms with Crippen molar-refractivity contribution >= 4 is 0 Å². The van der Waals surface area contributed by atoms with Gasteiger partial charge in [-0.15, -0.1) is 0 Å². The Morgan fingerprint density at radius 2 is 1.87 bits per heavy atom. The number of likely N-dealkylation sites (tertiary alicyclic amines) is 1. The van der Waals surface area contributed by atoms with Gasteiger partial charge < -0.3 is 10.0 Å². The molecular weight excluding hydrogens is 186 g/mol. The van der Waals surface area contributed by atoms with E-state index in [0.29, 0.717) is 0 Å². The second kappa shape index (κ2) is 11.6. The fourth-order valence-corrected chi connectivity index (χ4v) is 1.73. The van der Waals surface area contributed by atoms with Crippen LogP contribution in [0.25, 0.3) is 0 Å². The van der Waals surface area contributed by atoms with Crippen molar-refractivity contribution < 1.29 is 5.11 Å². The molecule has 0 bridgehead atoms. The van der Waals surface area contributed by atoms with Crippen LogP contribution in [0.15, 0.2) is 12.3 Å². The Morgan fingerprint density at radius 1 is 1.33 bits per heavy atom. The van der Waals surface area contributed by atoms with Crippen LogP contribution in [0.1, 0.15) is 53.9 Å². The first-order valence-electron chi connectivity index (χ1n) is 6.31. The highest BCUT2D eigenvalue weighted by Crippen LogP contribution is 2.27. The second-order valence-electron chi connectivity index (χ2n) is 3.29. The number of rotatable bonds is 3. The van der Waals surface area contributed by atoms with E-state index in [9.17, 15) is 0 Å². The van der Waals surface area contributed by atoms with Crippen molar-refractivity contribution in [2.75, 3.05) is 13.3 Å². The van der Waals surface area contributed by atoms with E-state index in [0.717, 1.165) is 24.6 Å². The van der Waals surface area contributed by atoms with Crippen LogP contribution in [0, 0.1) is 5.92 Å². The molecule has 15 heavy (non-hydrogen) atoms. The summed E-state index contributed by atoms with van der Waals surface area (Å²) < 4.78 is 0. The minimum atomic E-state index is 0.138. The zero-order valence-corrected chi connectivity index (χ0v) is 11.2. The third-order valence-corrected chi connectivity index (χ3v) is 2.32. The first-order valence-corrected chi connectivity index (χ1v) is 6.31. The van der Waals surface area contributed by atoms with Gasteiger partial charge in [0, 0.05) is 12.2 Å². The maximum Gasteiger partial charge on any atom is 0.115 e. The van der Waals surface area contributed by atoms with Crippen molar-refractivity contribution in [3.8, 4) is 0 Å². The second-order valence-corrected chi connectivity index (χ2v) is 3.29. The van der Waals surface area contributed by atoms with Crippen LogP contribution >= 0.6 is 0 Å². The van der Waals surface area contributed by atoms with Crippen molar-refractivity contribution in [1.82, 2.24) is 4.90 Å². The standard InChI is InChI=1S/C9H17NO.2C2H6/c1-3-4-9-5-8(2)10(6-9)7-11;2*1-2/h9,11H,2-7H2,1H3;2*1-2H3. The molecule has 2 nitrogen and oxygen atoms in total. The molecule has 0 spiro atoms. The van der Waals surface area contributed by atoms with Gasteiger partial charge in [-0.3, -0.25) is 0 Å². The Kier molecular flexibility index (Phi) is 13.1. The third-order valence-electron chi connectivity index (χ3n) is 2.32. The molecule has 0 aromatic rings. The fraction of sp³-hybridized carbons (Fsp3) is 0.846. The lowest BCUT2D eigenvalue weighted by Gasteiger charge is -2.15. The van der Waals surface area contributed by atoms with Gasteiger partial charge in [-0.25, -0.2) is 0 Å². The average Bonchev–Trinajstić information content (AvgIpc) is 2.65. The summed E-state index contributed by atoms with van der Waals surface area (Å²) in [6, 6.07) is 0. The summed E-state index contributed by atoms with van der Waals surface area (Å²) in [7, 11) is 0.